The summed E-state index contributed by atoms with van der Waals surface area (Å²) in [6.07, 6.45) is 0. The Labute approximate surface area is 178 Å². The molecular weight excluding hydrogens is 411 g/mol. The van der Waals surface area contributed by atoms with Crippen LogP contribution in [0.1, 0.15) is 24.2 Å². The maximum absolute atomic E-state index is 14.6. The quantitative estimate of drug-likeness (QED) is 0.730. The van der Waals surface area contributed by atoms with Crippen molar-refractivity contribution in [2.45, 2.75) is 19.9 Å². The molecule has 1 atom stereocenters. The van der Waals surface area contributed by atoms with Crippen LogP contribution in [0.4, 0.5) is 24.5 Å². The average Bonchev–Trinajstić information content (AvgIpc) is 2.72. The number of ether oxygens (including phenoxy) is 1. The number of amides is 2. The number of nitrogens with zero attached hydrogens (tertiary/aromatic N) is 1. The summed E-state index contributed by atoms with van der Waals surface area (Å²) in [4.78, 5) is 27.0. The van der Waals surface area contributed by atoms with Gasteiger partial charge >= 0.3 is 0 Å². The number of hydrogen-bond donors (Lipinski definition) is 2. The van der Waals surface area contributed by atoms with Crippen LogP contribution in [0.5, 0.6) is 0 Å². The van der Waals surface area contributed by atoms with Crippen LogP contribution in [-0.4, -0.2) is 44.2 Å². The van der Waals surface area contributed by atoms with E-state index in [1.807, 2.05) is 4.90 Å². The molecule has 2 N–H and O–H groups in total. The molecule has 0 saturated carbocycles. The summed E-state index contributed by atoms with van der Waals surface area (Å²) < 4.78 is 47.6. The summed E-state index contributed by atoms with van der Waals surface area (Å²) in [6.45, 7) is 5.49. The number of nitrogens with one attached hydrogen (secondary N) is 2. The number of anilines is 2. The molecule has 9 heteroatoms. The first-order valence-electron chi connectivity index (χ1n) is 9.96. The molecule has 0 unspecified atom stereocenters. The van der Waals surface area contributed by atoms with Crippen LogP contribution in [0.3, 0.4) is 0 Å². The zero-order valence-corrected chi connectivity index (χ0v) is 17.3. The number of carbonyl (C=O) groups excluding carboxylic acids is 2. The third kappa shape index (κ3) is 5.35. The maximum atomic E-state index is 14.6. The lowest BCUT2D eigenvalue weighted by Crippen LogP contribution is -2.47. The van der Waals surface area contributed by atoms with Gasteiger partial charge in [0.15, 0.2) is 0 Å². The molecule has 1 heterocycles. The average molecular weight is 435 g/mol. The molecule has 3 rings (SSSR count). The molecule has 0 spiro atoms. The highest BCUT2D eigenvalue weighted by molar-refractivity contribution is 6.01. The second-order valence-corrected chi connectivity index (χ2v) is 7.55. The Morgan fingerprint density at radius 2 is 1.65 bits per heavy atom. The first-order chi connectivity index (χ1) is 14.8. The van der Waals surface area contributed by atoms with E-state index in [-0.39, 0.29) is 5.69 Å². The monoisotopic (exact) mass is 435 g/mol. The van der Waals surface area contributed by atoms with Gasteiger partial charge in [-0.3, -0.25) is 9.59 Å². The Balaban J connectivity index is 1.72. The molecule has 2 aromatic rings. The smallest absolute Gasteiger partial charge is 0.257 e. The van der Waals surface area contributed by atoms with Crippen molar-refractivity contribution in [1.82, 2.24) is 5.32 Å². The molecule has 0 bridgehead atoms. The van der Waals surface area contributed by atoms with Gasteiger partial charge in [0.1, 0.15) is 29.1 Å². The topological polar surface area (TPSA) is 70.7 Å². The number of benzene rings is 2. The van der Waals surface area contributed by atoms with Gasteiger partial charge in [-0.1, -0.05) is 19.9 Å². The van der Waals surface area contributed by atoms with Crippen molar-refractivity contribution < 1.29 is 27.5 Å². The standard InChI is InChI=1S/C22H24F3N3O3/c1-13(2)20(27-21(29)19-15(23)4-3-5-16(19)24)22(30)26-14-6-7-18(17(25)12-14)28-8-10-31-11-9-28/h3-7,12-13,20H,8-11H2,1-2H3,(H,26,30)(H,27,29)/t20-/m0/s1. The van der Waals surface area contributed by atoms with E-state index in [0.717, 1.165) is 18.2 Å². The predicted octanol–water partition coefficient (Wildman–Crippen LogP) is 3.33. The summed E-state index contributed by atoms with van der Waals surface area (Å²) in [5.41, 5.74) is -0.150. The van der Waals surface area contributed by atoms with E-state index in [1.54, 1.807) is 26.0 Å². The SMILES string of the molecule is CC(C)[C@H](NC(=O)c1c(F)cccc1F)C(=O)Nc1ccc(N2CCOCC2)c(F)c1. The van der Waals surface area contributed by atoms with Gasteiger partial charge < -0.3 is 20.3 Å². The summed E-state index contributed by atoms with van der Waals surface area (Å²) in [7, 11) is 0. The molecule has 1 saturated heterocycles. The molecule has 0 radical (unpaired) electrons. The predicted molar refractivity (Wildman–Crippen MR) is 111 cm³/mol. The van der Waals surface area contributed by atoms with Crippen molar-refractivity contribution in [3.63, 3.8) is 0 Å². The fraction of sp³-hybridized carbons (Fsp3) is 0.364. The minimum atomic E-state index is -1.09. The molecule has 1 aliphatic heterocycles. The van der Waals surface area contributed by atoms with Crippen LogP contribution in [0.15, 0.2) is 36.4 Å². The molecule has 2 aromatic carbocycles. The Morgan fingerprint density at radius 1 is 1.00 bits per heavy atom. The highest BCUT2D eigenvalue weighted by atomic mass is 19.1. The van der Waals surface area contributed by atoms with Gasteiger partial charge in [0, 0.05) is 18.8 Å². The van der Waals surface area contributed by atoms with Gasteiger partial charge in [-0.2, -0.15) is 0 Å². The van der Waals surface area contributed by atoms with E-state index in [9.17, 15) is 22.8 Å². The third-order valence-electron chi connectivity index (χ3n) is 4.99. The lowest BCUT2D eigenvalue weighted by atomic mass is 10.0. The molecule has 166 valence electrons. The number of morpholine rings is 1. The Kier molecular flexibility index (Phi) is 7.17. The zero-order valence-electron chi connectivity index (χ0n) is 17.3. The first kappa shape index (κ1) is 22.6. The van der Waals surface area contributed by atoms with Crippen molar-refractivity contribution in [3.05, 3.63) is 59.4 Å². The summed E-state index contributed by atoms with van der Waals surface area (Å²) in [5.74, 6) is -4.62. The number of carbonyl (C=O) groups is 2. The Hall–Kier alpha value is -3.07. The lowest BCUT2D eigenvalue weighted by molar-refractivity contribution is -0.118. The summed E-state index contributed by atoms with van der Waals surface area (Å²) >= 11 is 0. The van der Waals surface area contributed by atoms with E-state index in [2.05, 4.69) is 10.6 Å². The van der Waals surface area contributed by atoms with Gasteiger partial charge in [0.2, 0.25) is 5.91 Å². The largest absolute Gasteiger partial charge is 0.378 e. The number of hydrogen-bond acceptors (Lipinski definition) is 4. The van der Waals surface area contributed by atoms with E-state index in [1.165, 1.54) is 6.07 Å². The van der Waals surface area contributed by atoms with Crippen molar-refractivity contribution >= 4 is 23.2 Å². The zero-order chi connectivity index (χ0) is 22.5. The van der Waals surface area contributed by atoms with E-state index >= 15 is 0 Å². The van der Waals surface area contributed by atoms with Crippen molar-refractivity contribution in [1.29, 1.82) is 0 Å². The number of halogens is 3. The second-order valence-electron chi connectivity index (χ2n) is 7.55. The van der Waals surface area contributed by atoms with Crippen molar-refractivity contribution in [2.75, 3.05) is 36.5 Å². The first-order valence-corrected chi connectivity index (χ1v) is 9.96. The van der Waals surface area contributed by atoms with Crippen LogP contribution in [0.25, 0.3) is 0 Å². The summed E-state index contributed by atoms with van der Waals surface area (Å²) in [5, 5.41) is 4.92. The molecule has 31 heavy (non-hydrogen) atoms. The number of rotatable bonds is 6. The molecule has 0 aromatic heterocycles. The minimum absolute atomic E-state index is 0.205. The normalized spacial score (nSPS) is 15.0. The molecule has 2 amide bonds. The van der Waals surface area contributed by atoms with Crippen molar-refractivity contribution in [3.8, 4) is 0 Å². The van der Waals surface area contributed by atoms with E-state index in [4.69, 9.17) is 4.74 Å². The lowest BCUT2D eigenvalue weighted by Gasteiger charge is -2.29. The fourth-order valence-corrected chi connectivity index (χ4v) is 3.33. The fourth-order valence-electron chi connectivity index (χ4n) is 3.33. The van der Waals surface area contributed by atoms with Crippen LogP contribution < -0.4 is 15.5 Å². The van der Waals surface area contributed by atoms with Gasteiger partial charge in [0.05, 0.1) is 18.9 Å². The minimum Gasteiger partial charge on any atom is -0.378 e. The van der Waals surface area contributed by atoms with E-state index < -0.39 is 46.8 Å². The van der Waals surface area contributed by atoms with E-state index in [0.29, 0.717) is 32.0 Å². The summed E-state index contributed by atoms with van der Waals surface area (Å²) in [6, 6.07) is 6.29. The van der Waals surface area contributed by atoms with Crippen molar-refractivity contribution in [2.24, 2.45) is 5.92 Å². The second kappa shape index (κ2) is 9.82. The molecule has 0 aliphatic carbocycles. The van der Waals surface area contributed by atoms with Gasteiger partial charge in [0.25, 0.3) is 5.91 Å². The molecule has 1 aliphatic rings. The molecule has 1 fully saturated rings. The van der Waals surface area contributed by atoms with Gasteiger partial charge in [-0.25, -0.2) is 13.2 Å². The van der Waals surface area contributed by atoms with Gasteiger partial charge in [-0.15, -0.1) is 0 Å². The Bertz CT molecular complexity index is 942. The van der Waals surface area contributed by atoms with Crippen LogP contribution in [0.2, 0.25) is 0 Å². The highest BCUT2D eigenvalue weighted by Gasteiger charge is 2.27. The Morgan fingerprint density at radius 3 is 2.23 bits per heavy atom. The van der Waals surface area contributed by atoms with Gasteiger partial charge in [-0.05, 0) is 36.2 Å². The molecular formula is C22H24F3N3O3. The maximum Gasteiger partial charge on any atom is 0.257 e. The molecule has 6 nitrogen and oxygen atoms in total. The van der Waals surface area contributed by atoms with Crippen LogP contribution in [0, 0.1) is 23.4 Å². The highest BCUT2D eigenvalue weighted by Crippen LogP contribution is 2.24. The van der Waals surface area contributed by atoms with Crippen LogP contribution in [-0.2, 0) is 9.53 Å². The van der Waals surface area contributed by atoms with Crippen LogP contribution >= 0.6 is 0 Å². The third-order valence-corrected chi connectivity index (χ3v) is 4.99.